The molecule has 0 atom stereocenters. The van der Waals surface area contributed by atoms with Crippen LogP contribution in [0.4, 0.5) is 4.39 Å². The summed E-state index contributed by atoms with van der Waals surface area (Å²) in [7, 11) is 0. The summed E-state index contributed by atoms with van der Waals surface area (Å²) in [5.41, 5.74) is 1.28. The van der Waals surface area contributed by atoms with Crippen LogP contribution in [0.25, 0.3) is 0 Å². The van der Waals surface area contributed by atoms with Gasteiger partial charge in [-0.15, -0.1) is 0 Å². The summed E-state index contributed by atoms with van der Waals surface area (Å²) in [6, 6.07) is 6.89. The minimum absolute atomic E-state index is 0.170. The van der Waals surface area contributed by atoms with E-state index in [4.69, 9.17) is 5.26 Å². The Labute approximate surface area is 108 Å². The van der Waals surface area contributed by atoms with E-state index in [9.17, 15) is 4.39 Å². The average molecular weight is 246 g/mol. The maximum Gasteiger partial charge on any atom is 0.140 e. The van der Waals surface area contributed by atoms with Crippen LogP contribution >= 0.6 is 0 Å². The summed E-state index contributed by atoms with van der Waals surface area (Å²) in [6.07, 6.45) is 3.41. The first-order valence-corrected chi connectivity index (χ1v) is 6.66. The van der Waals surface area contributed by atoms with Crippen molar-refractivity contribution in [2.24, 2.45) is 0 Å². The smallest absolute Gasteiger partial charge is 0.140 e. The molecule has 3 heteroatoms. The van der Waals surface area contributed by atoms with Gasteiger partial charge in [0.2, 0.25) is 0 Å². The fraction of sp³-hybridized carbons (Fsp3) is 0.533. The van der Waals surface area contributed by atoms with Gasteiger partial charge in [-0.2, -0.15) is 5.26 Å². The molecule has 2 nitrogen and oxygen atoms in total. The second kappa shape index (κ2) is 5.97. The van der Waals surface area contributed by atoms with Crippen molar-refractivity contribution in [1.82, 2.24) is 4.90 Å². The van der Waals surface area contributed by atoms with Crippen molar-refractivity contribution in [2.75, 3.05) is 19.6 Å². The second-order valence-corrected chi connectivity index (χ2v) is 4.97. The van der Waals surface area contributed by atoms with Crippen LogP contribution in [0.1, 0.15) is 43.2 Å². The molecule has 0 bridgehead atoms. The normalized spacial score (nSPS) is 17.6. The van der Waals surface area contributed by atoms with E-state index in [2.05, 4.69) is 11.8 Å². The Morgan fingerprint density at radius 2 is 2.11 bits per heavy atom. The minimum Gasteiger partial charge on any atom is -0.303 e. The summed E-state index contributed by atoms with van der Waals surface area (Å²) in [5.74, 6) is 0.0653. The van der Waals surface area contributed by atoms with Gasteiger partial charge in [0.15, 0.2) is 0 Å². The molecule has 1 aromatic carbocycles. The van der Waals surface area contributed by atoms with Gasteiger partial charge in [0.05, 0.1) is 5.56 Å². The summed E-state index contributed by atoms with van der Waals surface area (Å²) >= 11 is 0. The van der Waals surface area contributed by atoms with Crippen LogP contribution in [-0.2, 0) is 0 Å². The molecule has 0 spiro atoms. The van der Waals surface area contributed by atoms with Crippen molar-refractivity contribution >= 4 is 0 Å². The molecule has 0 amide bonds. The van der Waals surface area contributed by atoms with E-state index in [1.54, 1.807) is 6.07 Å². The number of piperidine rings is 1. The van der Waals surface area contributed by atoms with Crippen molar-refractivity contribution in [2.45, 2.75) is 32.1 Å². The molecular formula is C15H19FN2. The number of halogens is 1. The Kier molecular flexibility index (Phi) is 4.33. The second-order valence-electron chi connectivity index (χ2n) is 4.97. The molecule has 1 saturated heterocycles. The van der Waals surface area contributed by atoms with E-state index in [1.165, 1.54) is 19.0 Å². The molecule has 1 aliphatic rings. The van der Waals surface area contributed by atoms with Gasteiger partial charge in [0.25, 0.3) is 0 Å². The first kappa shape index (κ1) is 13.0. The highest BCUT2D eigenvalue weighted by atomic mass is 19.1. The lowest BCUT2D eigenvalue weighted by Crippen LogP contribution is -2.33. The molecule has 1 aliphatic heterocycles. The molecule has 0 aromatic heterocycles. The Bertz CT molecular complexity index is 442. The molecule has 0 aliphatic carbocycles. The monoisotopic (exact) mass is 246 g/mol. The number of hydrogen-bond acceptors (Lipinski definition) is 2. The molecule has 0 unspecified atom stereocenters. The Hall–Kier alpha value is -1.40. The summed E-state index contributed by atoms with van der Waals surface area (Å²) in [6.45, 7) is 5.58. The van der Waals surface area contributed by atoms with Crippen molar-refractivity contribution < 1.29 is 4.39 Å². The van der Waals surface area contributed by atoms with Gasteiger partial charge in [-0.3, -0.25) is 0 Å². The third-order valence-corrected chi connectivity index (χ3v) is 3.71. The molecule has 0 saturated carbocycles. The maximum atomic E-state index is 13.3. The van der Waals surface area contributed by atoms with Crippen LogP contribution in [0, 0.1) is 17.1 Å². The van der Waals surface area contributed by atoms with Crippen LogP contribution in [-0.4, -0.2) is 24.5 Å². The number of benzene rings is 1. The zero-order valence-corrected chi connectivity index (χ0v) is 10.8. The lowest BCUT2D eigenvalue weighted by Gasteiger charge is -2.32. The summed E-state index contributed by atoms with van der Waals surface area (Å²) in [4.78, 5) is 2.48. The summed E-state index contributed by atoms with van der Waals surface area (Å²) < 4.78 is 13.3. The highest BCUT2D eigenvalue weighted by Gasteiger charge is 2.20. The summed E-state index contributed by atoms with van der Waals surface area (Å²) in [5, 5.41) is 8.86. The molecule has 96 valence electrons. The van der Waals surface area contributed by atoms with E-state index in [1.807, 2.05) is 12.1 Å². The van der Waals surface area contributed by atoms with E-state index in [-0.39, 0.29) is 5.56 Å². The molecule has 18 heavy (non-hydrogen) atoms. The average Bonchev–Trinajstić information content (AvgIpc) is 2.41. The van der Waals surface area contributed by atoms with Gasteiger partial charge in [-0.1, -0.05) is 13.0 Å². The number of nitrogens with zero attached hydrogens (tertiary/aromatic N) is 2. The van der Waals surface area contributed by atoms with Crippen molar-refractivity contribution in [3.8, 4) is 6.07 Å². The fourth-order valence-electron chi connectivity index (χ4n) is 2.69. The van der Waals surface area contributed by atoms with Crippen LogP contribution in [0.3, 0.4) is 0 Å². The Morgan fingerprint density at radius 3 is 2.72 bits per heavy atom. The largest absolute Gasteiger partial charge is 0.303 e. The van der Waals surface area contributed by atoms with E-state index >= 15 is 0 Å². The SMILES string of the molecule is CCCN1CCC(c2ccc(F)c(C#N)c2)CC1. The molecular weight excluding hydrogens is 227 g/mol. The van der Waals surface area contributed by atoms with Crippen molar-refractivity contribution in [1.29, 1.82) is 5.26 Å². The maximum absolute atomic E-state index is 13.3. The molecule has 1 aromatic rings. The van der Waals surface area contributed by atoms with E-state index < -0.39 is 5.82 Å². The molecule has 0 N–H and O–H groups in total. The topological polar surface area (TPSA) is 27.0 Å². The zero-order chi connectivity index (χ0) is 13.0. The zero-order valence-electron chi connectivity index (χ0n) is 10.8. The Balaban J connectivity index is 2.04. The van der Waals surface area contributed by atoms with Gasteiger partial charge in [-0.25, -0.2) is 4.39 Å². The Morgan fingerprint density at radius 1 is 1.39 bits per heavy atom. The number of nitriles is 1. The minimum atomic E-state index is -0.412. The standard InChI is InChI=1S/C15H19FN2/c1-2-7-18-8-5-12(6-9-18)13-3-4-15(16)14(10-13)11-17/h3-4,10,12H,2,5-9H2,1H3. The predicted molar refractivity (Wildman–Crippen MR) is 69.8 cm³/mol. The quantitative estimate of drug-likeness (QED) is 0.818. The molecule has 2 rings (SSSR count). The number of hydrogen-bond donors (Lipinski definition) is 0. The van der Waals surface area contributed by atoms with Crippen LogP contribution in [0.15, 0.2) is 18.2 Å². The van der Waals surface area contributed by atoms with Crippen LogP contribution in [0.2, 0.25) is 0 Å². The van der Waals surface area contributed by atoms with E-state index in [0.29, 0.717) is 5.92 Å². The van der Waals surface area contributed by atoms with Gasteiger partial charge in [-0.05, 0) is 62.5 Å². The molecule has 0 radical (unpaired) electrons. The van der Waals surface area contributed by atoms with Gasteiger partial charge in [0.1, 0.15) is 11.9 Å². The number of likely N-dealkylation sites (tertiary alicyclic amines) is 1. The van der Waals surface area contributed by atoms with Crippen molar-refractivity contribution in [3.05, 3.63) is 35.1 Å². The van der Waals surface area contributed by atoms with Gasteiger partial charge < -0.3 is 4.90 Å². The van der Waals surface area contributed by atoms with Gasteiger partial charge in [0, 0.05) is 0 Å². The lowest BCUT2D eigenvalue weighted by atomic mass is 9.88. The molecule has 1 heterocycles. The molecule has 1 fully saturated rings. The highest BCUT2D eigenvalue weighted by molar-refractivity contribution is 5.36. The third-order valence-electron chi connectivity index (χ3n) is 3.71. The first-order chi connectivity index (χ1) is 8.74. The third kappa shape index (κ3) is 2.88. The van der Waals surface area contributed by atoms with Crippen molar-refractivity contribution in [3.63, 3.8) is 0 Å². The fourth-order valence-corrected chi connectivity index (χ4v) is 2.69. The first-order valence-electron chi connectivity index (χ1n) is 6.66. The van der Waals surface area contributed by atoms with Gasteiger partial charge >= 0.3 is 0 Å². The highest BCUT2D eigenvalue weighted by Crippen LogP contribution is 2.29. The van der Waals surface area contributed by atoms with Crippen LogP contribution in [0.5, 0.6) is 0 Å². The van der Waals surface area contributed by atoms with Crippen LogP contribution < -0.4 is 0 Å². The predicted octanol–water partition coefficient (Wildman–Crippen LogP) is 3.29. The lowest BCUT2D eigenvalue weighted by molar-refractivity contribution is 0.212. The number of rotatable bonds is 3. The van der Waals surface area contributed by atoms with E-state index in [0.717, 1.165) is 31.5 Å².